The van der Waals surface area contributed by atoms with E-state index < -0.39 is 10.0 Å². The summed E-state index contributed by atoms with van der Waals surface area (Å²) in [4.78, 5) is 0.437. The zero-order chi connectivity index (χ0) is 14.9. The Balaban J connectivity index is 0.00000176. The summed E-state index contributed by atoms with van der Waals surface area (Å²) in [6.07, 6.45) is 4.09. The van der Waals surface area contributed by atoms with Crippen molar-refractivity contribution in [2.75, 3.05) is 19.6 Å². The van der Waals surface area contributed by atoms with Gasteiger partial charge in [-0.15, -0.1) is 12.4 Å². The first kappa shape index (κ1) is 17.7. The van der Waals surface area contributed by atoms with Gasteiger partial charge in [0.15, 0.2) is 0 Å². The summed E-state index contributed by atoms with van der Waals surface area (Å²) < 4.78 is 27.2. The maximum Gasteiger partial charge on any atom is 0.243 e. The molecule has 6 heteroatoms. The minimum atomic E-state index is -3.33. The van der Waals surface area contributed by atoms with E-state index in [0.29, 0.717) is 29.9 Å². The van der Waals surface area contributed by atoms with E-state index in [-0.39, 0.29) is 12.4 Å². The highest BCUT2D eigenvalue weighted by molar-refractivity contribution is 7.89. The number of sulfonamides is 1. The molecule has 2 unspecified atom stereocenters. The summed E-state index contributed by atoms with van der Waals surface area (Å²) in [6, 6.07) is 7.93. The van der Waals surface area contributed by atoms with Gasteiger partial charge in [0, 0.05) is 19.1 Å². The number of piperidine rings is 1. The van der Waals surface area contributed by atoms with Crippen molar-refractivity contribution in [3.8, 4) is 0 Å². The van der Waals surface area contributed by atoms with Gasteiger partial charge in [-0.25, -0.2) is 8.42 Å². The molecule has 1 aromatic rings. The van der Waals surface area contributed by atoms with Crippen molar-refractivity contribution in [2.24, 2.45) is 5.92 Å². The lowest BCUT2D eigenvalue weighted by molar-refractivity contribution is 0.247. The SMILES string of the molecule is CCCc1ccc(S(=O)(=O)N2CCC3NCCC3C2)cc1.Cl. The molecule has 0 amide bonds. The number of halogens is 1. The van der Waals surface area contributed by atoms with E-state index in [1.165, 1.54) is 5.56 Å². The molecule has 0 spiro atoms. The smallest absolute Gasteiger partial charge is 0.243 e. The van der Waals surface area contributed by atoms with Crippen LogP contribution >= 0.6 is 12.4 Å². The van der Waals surface area contributed by atoms with Gasteiger partial charge in [0.05, 0.1) is 4.90 Å². The summed E-state index contributed by atoms with van der Waals surface area (Å²) in [5.74, 6) is 0.480. The van der Waals surface area contributed by atoms with E-state index >= 15 is 0 Å². The Bertz CT molecular complexity index is 589. The topological polar surface area (TPSA) is 49.4 Å². The van der Waals surface area contributed by atoms with Crippen LogP contribution in [-0.4, -0.2) is 38.4 Å². The molecule has 2 fully saturated rings. The lowest BCUT2D eigenvalue weighted by Crippen LogP contribution is -2.46. The van der Waals surface area contributed by atoms with Crippen LogP contribution in [0.15, 0.2) is 29.2 Å². The lowest BCUT2D eigenvalue weighted by atomic mass is 9.95. The van der Waals surface area contributed by atoms with Gasteiger partial charge in [0.1, 0.15) is 0 Å². The zero-order valence-corrected chi connectivity index (χ0v) is 14.6. The largest absolute Gasteiger partial charge is 0.314 e. The quantitative estimate of drug-likeness (QED) is 0.912. The van der Waals surface area contributed by atoms with Gasteiger partial charge >= 0.3 is 0 Å². The minimum absolute atomic E-state index is 0. The number of benzene rings is 1. The third kappa shape index (κ3) is 3.48. The van der Waals surface area contributed by atoms with E-state index in [4.69, 9.17) is 0 Å². The fraction of sp³-hybridized carbons (Fsp3) is 0.625. The number of nitrogens with zero attached hydrogens (tertiary/aromatic N) is 1. The fourth-order valence-corrected chi connectivity index (χ4v) is 5.01. The molecule has 0 bridgehead atoms. The van der Waals surface area contributed by atoms with Gasteiger partial charge in [0.25, 0.3) is 0 Å². The van der Waals surface area contributed by atoms with Crippen LogP contribution < -0.4 is 5.32 Å². The molecule has 124 valence electrons. The van der Waals surface area contributed by atoms with Gasteiger partial charge in [-0.2, -0.15) is 4.31 Å². The van der Waals surface area contributed by atoms with Gasteiger partial charge in [-0.3, -0.25) is 0 Å². The summed E-state index contributed by atoms with van der Waals surface area (Å²) in [5, 5.41) is 3.47. The Hall–Kier alpha value is -0.620. The molecule has 0 saturated carbocycles. The highest BCUT2D eigenvalue weighted by Gasteiger charge is 2.37. The molecule has 2 saturated heterocycles. The van der Waals surface area contributed by atoms with Crippen LogP contribution in [0.1, 0.15) is 31.7 Å². The van der Waals surface area contributed by atoms with Crippen molar-refractivity contribution in [3.63, 3.8) is 0 Å². The third-order valence-electron chi connectivity index (χ3n) is 4.72. The van der Waals surface area contributed by atoms with Crippen molar-refractivity contribution < 1.29 is 8.42 Å². The van der Waals surface area contributed by atoms with Crippen molar-refractivity contribution >= 4 is 22.4 Å². The van der Waals surface area contributed by atoms with Crippen LogP contribution in [0.25, 0.3) is 0 Å². The van der Waals surface area contributed by atoms with Crippen molar-refractivity contribution in [2.45, 2.75) is 43.5 Å². The van der Waals surface area contributed by atoms with Crippen LogP contribution in [-0.2, 0) is 16.4 Å². The molecule has 4 nitrogen and oxygen atoms in total. The Morgan fingerprint density at radius 1 is 1.23 bits per heavy atom. The molecule has 2 atom stereocenters. The van der Waals surface area contributed by atoms with Crippen LogP contribution in [0.4, 0.5) is 0 Å². The molecular weight excluding hydrogens is 320 g/mol. The maximum atomic E-state index is 12.8. The van der Waals surface area contributed by atoms with E-state index in [1.807, 2.05) is 12.1 Å². The van der Waals surface area contributed by atoms with Crippen molar-refractivity contribution in [1.82, 2.24) is 9.62 Å². The molecule has 2 aliphatic heterocycles. The molecule has 2 aliphatic rings. The Morgan fingerprint density at radius 2 is 1.95 bits per heavy atom. The summed E-state index contributed by atoms with van der Waals surface area (Å²) in [7, 11) is -3.33. The minimum Gasteiger partial charge on any atom is -0.314 e. The Morgan fingerprint density at radius 3 is 2.64 bits per heavy atom. The van der Waals surface area contributed by atoms with Gasteiger partial charge in [-0.1, -0.05) is 25.5 Å². The molecule has 1 N–H and O–H groups in total. The van der Waals surface area contributed by atoms with Crippen LogP contribution in [0.3, 0.4) is 0 Å². The number of hydrogen-bond acceptors (Lipinski definition) is 3. The van der Waals surface area contributed by atoms with Gasteiger partial charge in [0.2, 0.25) is 10.0 Å². The van der Waals surface area contributed by atoms with Crippen molar-refractivity contribution in [1.29, 1.82) is 0 Å². The molecule has 1 aromatic carbocycles. The highest BCUT2D eigenvalue weighted by atomic mass is 35.5. The predicted octanol–water partition coefficient (Wildman–Crippen LogP) is 2.43. The number of hydrogen-bond donors (Lipinski definition) is 1. The fourth-order valence-electron chi connectivity index (χ4n) is 3.50. The number of rotatable bonds is 4. The normalized spacial score (nSPS) is 25.5. The highest BCUT2D eigenvalue weighted by Crippen LogP contribution is 2.28. The molecule has 2 heterocycles. The third-order valence-corrected chi connectivity index (χ3v) is 6.60. The Kier molecular flexibility index (Phi) is 5.88. The maximum absolute atomic E-state index is 12.8. The molecule has 3 rings (SSSR count). The first-order valence-corrected chi connectivity index (χ1v) is 9.37. The molecule has 0 aromatic heterocycles. The molecule has 0 radical (unpaired) electrons. The first-order chi connectivity index (χ1) is 10.1. The molecule has 22 heavy (non-hydrogen) atoms. The first-order valence-electron chi connectivity index (χ1n) is 7.93. The molecular formula is C16H25ClN2O2S. The number of nitrogens with one attached hydrogen (secondary N) is 1. The van der Waals surface area contributed by atoms with Crippen LogP contribution in [0, 0.1) is 5.92 Å². The van der Waals surface area contributed by atoms with Crippen molar-refractivity contribution in [3.05, 3.63) is 29.8 Å². The van der Waals surface area contributed by atoms with Gasteiger partial charge in [-0.05, 0) is 49.4 Å². The lowest BCUT2D eigenvalue weighted by Gasteiger charge is -2.34. The van der Waals surface area contributed by atoms with E-state index in [2.05, 4.69) is 12.2 Å². The van der Waals surface area contributed by atoms with E-state index in [1.54, 1.807) is 16.4 Å². The monoisotopic (exact) mass is 344 g/mol. The van der Waals surface area contributed by atoms with Crippen LogP contribution in [0.2, 0.25) is 0 Å². The number of fused-ring (bicyclic) bond motifs is 1. The second-order valence-corrected chi connectivity index (χ2v) is 8.09. The summed E-state index contributed by atoms with van der Waals surface area (Å²) in [5.41, 5.74) is 1.20. The summed E-state index contributed by atoms with van der Waals surface area (Å²) in [6.45, 7) is 4.45. The molecule has 0 aliphatic carbocycles. The second kappa shape index (κ2) is 7.30. The standard InChI is InChI=1S/C16H24N2O2S.ClH/c1-2-3-13-4-6-15(7-5-13)21(19,20)18-11-9-16-14(12-18)8-10-17-16;/h4-7,14,16-17H,2-3,8-12H2,1H3;1H. The van der Waals surface area contributed by atoms with E-state index in [9.17, 15) is 8.42 Å². The van der Waals surface area contributed by atoms with E-state index in [0.717, 1.165) is 32.2 Å². The average molecular weight is 345 g/mol. The second-order valence-electron chi connectivity index (χ2n) is 6.16. The summed E-state index contributed by atoms with van der Waals surface area (Å²) >= 11 is 0. The Labute approximate surface area is 139 Å². The predicted molar refractivity (Wildman–Crippen MR) is 91.0 cm³/mol. The number of aryl methyl sites for hydroxylation is 1. The van der Waals surface area contributed by atoms with Crippen LogP contribution in [0.5, 0.6) is 0 Å². The van der Waals surface area contributed by atoms with Gasteiger partial charge < -0.3 is 5.32 Å². The average Bonchev–Trinajstić information content (AvgIpc) is 2.95. The zero-order valence-electron chi connectivity index (χ0n) is 13.0.